The number of rotatable bonds is 0. The van der Waals surface area contributed by atoms with E-state index in [1.54, 1.807) is 0 Å². The topological polar surface area (TPSA) is 9.23 Å². The molecule has 0 spiro atoms. The molecular weight excluding hydrogens is 184 g/mol. The van der Waals surface area contributed by atoms with Crippen LogP contribution >= 0.6 is 11.6 Å². The Hall–Kier alpha value is -0.790. The summed E-state index contributed by atoms with van der Waals surface area (Å²) in [6.45, 7) is 2.09. The molecule has 66 valence electrons. The van der Waals surface area contributed by atoms with Crippen LogP contribution in [0.4, 0.5) is 0 Å². The van der Waals surface area contributed by atoms with Crippen molar-refractivity contribution in [2.24, 2.45) is 0 Å². The minimum atomic E-state index is 0.150. The number of hydrogen-bond acceptors (Lipinski definition) is 1. The van der Waals surface area contributed by atoms with Crippen LogP contribution in [0.15, 0.2) is 24.3 Å². The molecule has 2 atom stereocenters. The van der Waals surface area contributed by atoms with E-state index in [9.17, 15) is 0 Å². The first-order chi connectivity index (χ1) is 6.25. The number of halogens is 1. The highest BCUT2D eigenvalue weighted by molar-refractivity contribution is 6.30. The van der Waals surface area contributed by atoms with Crippen LogP contribution in [0.3, 0.4) is 0 Å². The quantitative estimate of drug-likeness (QED) is 0.573. The molecule has 0 radical (unpaired) electrons. The Labute approximate surface area is 82.0 Å². The molecule has 2 heteroatoms. The third-order valence-electron chi connectivity index (χ3n) is 2.73. The van der Waals surface area contributed by atoms with Crippen molar-refractivity contribution in [3.05, 3.63) is 46.0 Å². The molecule has 3 rings (SSSR count). The third-order valence-corrected chi connectivity index (χ3v) is 2.95. The Balaban J connectivity index is 2.29. The van der Waals surface area contributed by atoms with Crippen LogP contribution in [0.25, 0.3) is 0 Å². The van der Waals surface area contributed by atoms with E-state index >= 15 is 0 Å². The smallest absolute Gasteiger partial charge is 0.103 e. The second kappa shape index (κ2) is 2.37. The molecule has 0 aromatic heterocycles. The highest BCUT2D eigenvalue weighted by atomic mass is 35.5. The van der Waals surface area contributed by atoms with Crippen LogP contribution in [0.1, 0.15) is 28.9 Å². The van der Waals surface area contributed by atoms with Crippen LogP contribution < -0.4 is 0 Å². The molecule has 0 saturated carbocycles. The number of benzene rings is 1. The molecule has 2 heterocycles. The van der Waals surface area contributed by atoms with Gasteiger partial charge in [-0.2, -0.15) is 0 Å². The van der Waals surface area contributed by atoms with Gasteiger partial charge in [0.15, 0.2) is 0 Å². The largest absolute Gasteiger partial charge is 0.357 e. The molecule has 1 aromatic rings. The summed E-state index contributed by atoms with van der Waals surface area (Å²) >= 11 is 5.99. The molecule has 0 aliphatic carbocycles. The van der Waals surface area contributed by atoms with E-state index in [1.807, 2.05) is 12.1 Å². The first-order valence-corrected chi connectivity index (χ1v) is 4.77. The average Bonchev–Trinajstić information content (AvgIpc) is 2.62. The van der Waals surface area contributed by atoms with Gasteiger partial charge in [0.2, 0.25) is 0 Å². The van der Waals surface area contributed by atoms with Crippen LogP contribution in [0.2, 0.25) is 5.02 Å². The summed E-state index contributed by atoms with van der Waals surface area (Å²) in [5, 5.41) is 0.806. The Bertz CT molecular complexity index is 409. The first kappa shape index (κ1) is 7.60. The predicted molar refractivity (Wildman–Crippen MR) is 51.9 cm³/mol. The minimum absolute atomic E-state index is 0.150. The Kier molecular flexibility index (Phi) is 1.38. The van der Waals surface area contributed by atoms with E-state index in [-0.39, 0.29) is 12.2 Å². The van der Waals surface area contributed by atoms with Gasteiger partial charge in [0.05, 0.1) is 0 Å². The van der Waals surface area contributed by atoms with Crippen molar-refractivity contribution in [1.82, 2.24) is 0 Å². The predicted octanol–water partition coefficient (Wildman–Crippen LogP) is 3.33. The van der Waals surface area contributed by atoms with Crippen LogP contribution in [-0.4, -0.2) is 0 Å². The zero-order valence-corrected chi connectivity index (χ0v) is 8.01. The summed E-state index contributed by atoms with van der Waals surface area (Å²) in [6.07, 6.45) is 4.55. The molecule has 13 heavy (non-hydrogen) atoms. The van der Waals surface area contributed by atoms with Crippen LogP contribution in [0.5, 0.6) is 0 Å². The molecule has 0 N–H and O–H groups in total. The Morgan fingerprint density at radius 3 is 2.85 bits per heavy atom. The van der Waals surface area contributed by atoms with E-state index in [0.717, 1.165) is 5.02 Å². The fraction of sp³-hybridized carbons (Fsp3) is 0.273. The van der Waals surface area contributed by atoms with Gasteiger partial charge in [0.1, 0.15) is 12.2 Å². The molecular formula is C11H9ClO. The lowest BCUT2D eigenvalue weighted by atomic mass is 9.93. The summed E-state index contributed by atoms with van der Waals surface area (Å²) in [7, 11) is 0. The molecule has 2 unspecified atom stereocenters. The maximum absolute atomic E-state index is 5.99. The number of aryl methyl sites for hydroxylation is 1. The Morgan fingerprint density at radius 2 is 2.00 bits per heavy atom. The lowest BCUT2D eigenvalue weighted by Gasteiger charge is -2.10. The molecule has 2 bridgehead atoms. The van der Waals surface area contributed by atoms with E-state index in [1.165, 1.54) is 16.7 Å². The third kappa shape index (κ3) is 0.917. The normalized spacial score (nSPS) is 28.2. The van der Waals surface area contributed by atoms with Crippen LogP contribution in [-0.2, 0) is 4.74 Å². The zero-order chi connectivity index (χ0) is 9.00. The van der Waals surface area contributed by atoms with Crippen molar-refractivity contribution < 1.29 is 4.74 Å². The van der Waals surface area contributed by atoms with Crippen LogP contribution in [0, 0.1) is 6.92 Å². The summed E-state index contributed by atoms with van der Waals surface area (Å²) in [5.74, 6) is 0. The van der Waals surface area contributed by atoms with E-state index in [0.29, 0.717) is 0 Å². The van der Waals surface area contributed by atoms with E-state index in [2.05, 4.69) is 19.1 Å². The average molecular weight is 193 g/mol. The minimum Gasteiger partial charge on any atom is -0.357 e. The maximum Gasteiger partial charge on any atom is 0.103 e. The van der Waals surface area contributed by atoms with Gasteiger partial charge in [-0.1, -0.05) is 23.8 Å². The molecule has 1 nitrogen and oxygen atoms in total. The van der Waals surface area contributed by atoms with Crippen molar-refractivity contribution in [2.75, 3.05) is 0 Å². The summed E-state index contributed by atoms with van der Waals surface area (Å²) in [4.78, 5) is 0. The fourth-order valence-corrected chi connectivity index (χ4v) is 2.48. The van der Waals surface area contributed by atoms with Gasteiger partial charge < -0.3 is 4.74 Å². The second-order valence-electron chi connectivity index (χ2n) is 3.59. The summed E-state index contributed by atoms with van der Waals surface area (Å²) in [6, 6.07) is 4.01. The lowest BCUT2D eigenvalue weighted by Crippen LogP contribution is -1.95. The van der Waals surface area contributed by atoms with Crippen molar-refractivity contribution in [3.8, 4) is 0 Å². The van der Waals surface area contributed by atoms with Crippen molar-refractivity contribution >= 4 is 11.6 Å². The number of ether oxygens (including phenoxy) is 1. The van der Waals surface area contributed by atoms with Gasteiger partial charge in [0.25, 0.3) is 0 Å². The monoisotopic (exact) mass is 192 g/mol. The van der Waals surface area contributed by atoms with Gasteiger partial charge in [-0.25, -0.2) is 0 Å². The first-order valence-electron chi connectivity index (χ1n) is 4.39. The summed E-state index contributed by atoms with van der Waals surface area (Å²) < 4.78 is 5.71. The molecule has 2 aliphatic rings. The molecule has 0 saturated heterocycles. The molecule has 0 amide bonds. The van der Waals surface area contributed by atoms with Crippen molar-refractivity contribution in [2.45, 2.75) is 19.1 Å². The Morgan fingerprint density at radius 1 is 1.23 bits per heavy atom. The zero-order valence-electron chi connectivity index (χ0n) is 7.25. The number of hydrogen-bond donors (Lipinski definition) is 0. The SMILES string of the molecule is Cc1cc(Cl)cc2c1C1C=CC2O1. The van der Waals surface area contributed by atoms with Gasteiger partial charge in [-0.15, -0.1) is 0 Å². The maximum atomic E-state index is 5.99. The fourth-order valence-electron chi connectivity index (χ4n) is 2.20. The molecule has 1 aromatic carbocycles. The number of fused-ring (bicyclic) bond motifs is 5. The van der Waals surface area contributed by atoms with Crippen molar-refractivity contribution in [3.63, 3.8) is 0 Å². The standard InChI is InChI=1S/C11H9ClO/c1-6-4-7(12)5-8-9-2-3-10(13-9)11(6)8/h2-5,9-10H,1H3. The van der Waals surface area contributed by atoms with Gasteiger partial charge in [0, 0.05) is 5.02 Å². The highest BCUT2D eigenvalue weighted by Crippen LogP contribution is 2.47. The molecule has 0 fully saturated rings. The van der Waals surface area contributed by atoms with Gasteiger partial charge in [-0.3, -0.25) is 0 Å². The van der Waals surface area contributed by atoms with Gasteiger partial charge in [-0.05, 0) is 35.7 Å². The van der Waals surface area contributed by atoms with Crippen molar-refractivity contribution in [1.29, 1.82) is 0 Å². The highest BCUT2D eigenvalue weighted by Gasteiger charge is 2.34. The van der Waals surface area contributed by atoms with E-state index < -0.39 is 0 Å². The molecule has 2 aliphatic heterocycles. The lowest BCUT2D eigenvalue weighted by molar-refractivity contribution is 0.0877. The van der Waals surface area contributed by atoms with E-state index in [4.69, 9.17) is 16.3 Å². The second-order valence-corrected chi connectivity index (χ2v) is 4.02. The summed E-state index contributed by atoms with van der Waals surface area (Å²) in [5.41, 5.74) is 3.80. The van der Waals surface area contributed by atoms with Gasteiger partial charge >= 0.3 is 0 Å².